The van der Waals surface area contributed by atoms with Crippen molar-refractivity contribution in [1.82, 2.24) is 4.72 Å². The number of hydrogen-bond acceptors (Lipinski definition) is 4. The summed E-state index contributed by atoms with van der Waals surface area (Å²) >= 11 is 0. The Bertz CT molecular complexity index is 536. The molecule has 0 fully saturated rings. The predicted molar refractivity (Wildman–Crippen MR) is 67.1 cm³/mol. The van der Waals surface area contributed by atoms with Crippen LogP contribution in [-0.4, -0.2) is 19.6 Å². The van der Waals surface area contributed by atoms with Gasteiger partial charge in [-0.05, 0) is 38.5 Å². The molecule has 0 aromatic heterocycles. The van der Waals surface area contributed by atoms with Crippen molar-refractivity contribution >= 4 is 21.6 Å². The summed E-state index contributed by atoms with van der Waals surface area (Å²) in [5, 5.41) is -0.659. The van der Waals surface area contributed by atoms with Crippen LogP contribution in [0.25, 0.3) is 0 Å². The van der Waals surface area contributed by atoms with Gasteiger partial charge in [-0.2, -0.15) is 0 Å². The largest absolute Gasteiger partial charge is 0.398 e. The molecule has 94 valence electrons. The molecule has 0 heterocycles. The van der Waals surface area contributed by atoms with Crippen molar-refractivity contribution in [2.45, 2.75) is 26.0 Å². The zero-order valence-corrected chi connectivity index (χ0v) is 10.8. The summed E-state index contributed by atoms with van der Waals surface area (Å²) in [6.07, 6.45) is 0. The van der Waals surface area contributed by atoms with Gasteiger partial charge in [0.2, 0.25) is 10.0 Å². The van der Waals surface area contributed by atoms with Crippen molar-refractivity contribution < 1.29 is 13.2 Å². The predicted octanol–water partition coefficient (Wildman–Crippen LogP) is 1.05. The highest BCUT2D eigenvalue weighted by Gasteiger charge is 2.21. The third-order valence-corrected chi connectivity index (χ3v) is 4.19. The number of nitrogen functional groups attached to an aromatic ring is 1. The minimum absolute atomic E-state index is 0.272. The van der Waals surface area contributed by atoms with Gasteiger partial charge in [-0.25, -0.2) is 13.1 Å². The maximum Gasteiger partial charge on any atom is 0.265 e. The van der Waals surface area contributed by atoms with Gasteiger partial charge in [-0.15, -0.1) is 0 Å². The third-order valence-electron chi connectivity index (χ3n) is 2.48. The molecule has 0 bridgehead atoms. The van der Waals surface area contributed by atoms with Crippen LogP contribution < -0.4 is 10.5 Å². The highest BCUT2D eigenvalue weighted by atomic mass is 32.2. The van der Waals surface area contributed by atoms with Gasteiger partial charge in [-0.1, -0.05) is 6.07 Å². The molecule has 0 aliphatic carbocycles. The van der Waals surface area contributed by atoms with Crippen molar-refractivity contribution in [3.8, 4) is 0 Å². The Labute approximate surface area is 101 Å². The third kappa shape index (κ3) is 2.97. The Morgan fingerprint density at radius 1 is 1.35 bits per heavy atom. The Balaban J connectivity index is 3.04. The summed E-state index contributed by atoms with van der Waals surface area (Å²) in [5.41, 5.74) is 6.96. The second-order valence-electron chi connectivity index (χ2n) is 4.04. The topological polar surface area (TPSA) is 89.3 Å². The van der Waals surface area contributed by atoms with E-state index >= 15 is 0 Å². The molecule has 1 rings (SSSR count). The number of anilines is 1. The Kier molecular flexibility index (Phi) is 3.77. The Hall–Kier alpha value is -1.56. The molecule has 0 spiro atoms. The summed E-state index contributed by atoms with van der Waals surface area (Å²) in [6, 6.07) is 4.80. The zero-order chi connectivity index (χ0) is 13.2. The van der Waals surface area contributed by atoms with E-state index < -0.39 is 21.2 Å². The zero-order valence-electron chi connectivity index (χ0n) is 10.0. The first-order valence-electron chi connectivity index (χ1n) is 5.16. The van der Waals surface area contributed by atoms with Gasteiger partial charge in [0.05, 0.1) is 5.25 Å². The fraction of sp³-hybridized carbons (Fsp3) is 0.364. The van der Waals surface area contributed by atoms with E-state index in [1.807, 2.05) is 4.72 Å². The number of carbonyl (C=O) groups is 1. The average Bonchev–Trinajstić information content (AvgIpc) is 2.21. The number of nitrogens with one attached hydrogen (secondary N) is 1. The number of amides is 1. The van der Waals surface area contributed by atoms with E-state index in [1.54, 1.807) is 19.1 Å². The summed E-state index contributed by atoms with van der Waals surface area (Å²) in [6.45, 7) is 4.68. The monoisotopic (exact) mass is 256 g/mol. The van der Waals surface area contributed by atoms with E-state index in [1.165, 1.54) is 19.9 Å². The lowest BCUT2D eigenvalue weighted by molar-refractivity contribution is 0.0980. The van der Waals surface area contributed by atoms with Crippen molar-refractivity contribution in [2.75, 3.05) is 5.73 Å². The summed E-state index contributed by atoms with van der Waals surface area (Å²) in [5.74, 6) is -0.650. The molecule has 0 saturated heterocycles. The molecular formula is C11H16N2O3S. The second-order valence-corrected chi connectivity index (χ2v) is 6.28. The number of hydrogen-bond donors (Lipinski definition) is 2. The van der Waals surface area contributed by atoms with Gasteiger partial charge in [0, 0.05) is 11.3 Å². The Morgan fingerprint density at radius 3 is 2.47 bits per heavy atom. The molecule has 3 N–H and O–H groups in total. The molecule has 17 heavy (non-hydrogen) atoms. The number of nitrogens with two attached hydrogens (primary N) is 1. The fourth-order valence-corrected chi connectivity index (χ4v) is 1.81. The molecule has 0 radical (unpaired) electrons. The highest BCUT2D eigenvalue weighted by Crippen LogP contribution is 2.15. The van der Waals surface area contributed by atoms with Crippen molar-refractivity contribution in [3.05, 3.63) is 29.3 Å². The molecule has 1 aromatic carbocycles. The van der Waals surface area contributed by atoms with Crippen LogP contribution in [0.2, 0.25) is 0 Å². The lowest BCUT2D eigenvalue weighted by Gasteiger charge is -2.11. The van der Waals surface area contributed by atoms with Crippen molar-refractivity contribution in [2.24, 2.45) is 0 Å². The quantitative estimate of drug-likeness (QED) is 0.791. The molecular weight excluding hydrogens is 240 g/mol. The van der Waals surface area contributed by atoms with Gasteiger partial charge < -0.3 is 5.73 Å². The molecule has 0 saturated carbocycles. The van der Waals surface area contributed by atoms with Crippen LogP contribution in [-0.2, 0) is 10.0 Å². The summed E-state index contributed by atoms with van der Waals surface area (Å²) < 4.78 is 25.1. The lowest BCUT2D eigenvalue weighted by atomic mass is 10.1. The van der Waals surface area contributed by atoms with Crippen LogP contribution in [0.15, 0.2) is 18.2 Å². The molecule has 0 aliphatic heterocycles. The minimum Gasteiger partial charge on any atom is -0.398 e. The molecule has 0 aliphatic rings. The number of sulfonamides is 1. The normalized spacial score (nSPS) is 11.5. The first kappa shape index (κ1) is 13.5. The van der Waals surface area contributed by atoms with E-state index in [0.717, 1.165) is 0 Å². The maximum atomic E-state index is 11.8. The van der Waals surface area contributed by atoms with Crippen LogP contribution in [0.1, 0.15) is 29.8 Å². The first-order chi connectivity index (χ1) is 7.75. The molecule has 6 heteroatoms. The van der Waals surface area contributed by atoms with Crippen LogP contribution in [0, 0.1) is 6.92 Å². The smallest absolute Gasteiger partial charge is 0.265 e. The standard InChI is InChI=1S/C11H16N2O3S/c1-7(2)17(15,16)13-11(14)9-5-4-6-10(12)8(9)3/h4-7H,12H2,1-3H3,(H,13,14). The van der Waals surface area contributed by atoms with Gasteiger partial charge in [-0.3, -0.25) is 4.79 Å². The van der Waals surface area contributed by atoms with Crippen LogP contribution in [0.5, 0.6) is 0 Å². The summed E-state index contributed by atoms with van der Waals surface area (Å²) in [7, 11) is -3.62. The van der Waals surface area contributed by atoms with Gasteiger partial charge >= 0.3 is 0 Å². The van der Waals surface area contributed by atoms with Gasteiger partial charge in [0.15, 0.2) is 0 Å². The molecule has 5 nitrogen and oxygen atoms in total. The summed E-state index contributed by atoms with van der Waals surface area (Å²) in [4.78, 5) is 11.8. The van der Waals surface area contributed by atoms with E-state index in [0.29, 0.717) is 11.3 Å². The molecule has 0 unspecified atom stereocenters. The second kappa shape index (κ2) is 4.75. The van der Waals surface area contributed by atoms with Crippen LogP contribution >= 0.6 is 0 Å². The average molecular weight is 256 g/mol. The van der Waals surface area contributed by atoms with Crippen LogP contribution in [0.3, 0.4) is 0 Å². The Morgan fingerprint density at radius 2 is 1.94 bits per heavy atom. The van der Waals surface area contributed by atoms with E-state index in [2.05, 4.69) is 0 Å². The van der Waals surface area contributed by atoms with Crippen molar-refractivity contribution in [3.63, 3.8) is 0 Å². The highest BCUT2D eigenvalue weighted by molar-refractivity contribution is 7.90. The van der Waals surface area contributed by atoms with Crippen molar-refractivity contribution in [1.29, 1.82) is 0 Å². The maximum absolute atomic E-state index is 11.8. The number of carbonyl (C=O) groups excluding carboxylic acids is 1. The lowest BCUT2D eigenvalue weighted by Crippen LogP contribution is -2.36. The van der Waals surface area contributed by atoms with Gasteiger partial charge in [0.25, 0.3) is 5.91 Å². The SMILES string of the molecule is Cc1c(N)cccc1C(=O)NS(=O)(=O)C(C)C. The molecule has 0 atom stereocenters. The number of rotatable bonds is 3. The van der Waals surface area contributed by atoms with Crippen LogP contribution in [0.4, 0.5) is 5.69 Å². The van der Waals surface area contributed by atoms with E-state index in [9.17, 15) is 13.2 Å². The molecule has 1 amide bonds. The fourth-order valence-electron chi connectivity index (χ4n) is 1.20. The molecule has 1 aromatic rings. The van der Waals surface area contributed by atoms with E-state index in [-0.39, 0.29) is 5.56 Å². The minimum atomic E-state index is -3.62. The van der Waals surface area contributed by atoms with Gasteiger partial charge in [0.1, 0.15) is 0 Å². The number of benzene rings is 1. The van der Waals surface area contributed by atoms with E-state index in [4.69, 9.17) is 5.73 Å². The first-order valence-corrected chi connectivity index (χ1v) is 6.71.